The molecule has 19 heavy (non-hydrogen) atoms. The standard InChI is InChI=1S/C17H24N2/c1-3-19(4-2)17(15-10-6-5-7-11-15)14-16-12-8-9-13-18-16/h5-7,10-11,14H,3-4,8-9,12-13H2,1-2H3/b17-14-. The van der Waals surface area contributed by atoms with Crippen LogP contribution < -0.4 is 0 Å². The van der Waals surface area contributed by atoms with Gasteiger partial charge in [0.2, 0.25) is 0 Å². The highest BCUT2D eigenvalue weighted by molar-refractivity contribution is 6.00. The molecule has 1 aliphatic rings. The van der Waals surface area contributed by atoms with E-state index in [0.29, 0.717) is 0 Å². The fourth-order valence-corrected chi connectivity index (χ4v) is 2.53. The largest absolute Gasteiger partial charge is 0.372 e. The molecular weight excluding hydrogens is 232 g/mol. The normalized spacial score (nSPS) is 16.1. The van der Waals surface area contributed by atoms with Gasteiger partial charge < -0.3 is 4.90 Å². The average Bonchev–Trinajstić information content (AvgIpc) is 2.49. The van der Waals surface area contributed by atoms with E-state index in [4.69, 9.17) is 0 Å². The number of rotatable bonds is 5. The molecule has 1 aromatic rings. The van der Waals surface area contributed by atoms with Gasteiger partial charge in [0.15, 0.2) is 0 Å². The molecule has 0 N–H and O–H groups in total. The second-order valence-electron chi connectivity index (χ2n) is 4.90. The summed E-state index contributed by atoms with van der Waals surface area (Å²) >= 11 is 0. The van der Waals surface area contributed by atoms with Gasteiger partial charge in [0.1, 0.15) is 0 Å². The predicted molar refractivity (Wildman–Crippen MR) is 83.5 cm³/mol. The molecule has 0 bridgehead atoms. The average molecular weight is 256 g/mol. The zero-order valence-electron chi connectivity index (χ0n) is 12.1. The number of aliphatic imine (C=N–C) groups is 1. The van der Waals surface area contributed by atoms with E-state index >= 15 is 0 Å². The van der Waals surface area contributed by atoms with E-state index in [0.717, 1.165) is 26.1 Å². The fourth-order valence-electron chi connectivity index (χ4n) is 2.53. The van der Waals surface area contributed by atoms with Gasteiger partial charge in [-0.25, -0.2) is 0 Å². The first-order chi connectivity index (χ1) is 9.35. The maximum Gasteiger partial charge on any atom is 0.0457 e. The van der Waals surface area contributed by atoms with E-state index in [2.05, 4.69) is 60.1 Å². The van der Waals surface area contributed by atoms with Crippen LogP contribution in [0.25, 0.3) is 5.70 Å². The van der Waals surface area contributed by atoms with Gasteiger partial charge in [-0.1, -0.05) is 30.3 Å². The molecule has 0 fully saturated rings. The number of benzene rings is 1. The zero-order valence-corrected chi connectivity index (χ0v) is 12.1. The summed E-state index contributed by atoms with van der Waals surface area (Å²) in [5, 5.41) is 0. The van der Waals surface area contributed by atoms with Crippen LogP contribution in [0.15, 0.2) is 41.4 Å². The summed E-state index contributed by atoms with van der Waals surface area (Å²) in [6.45, 7) is 7.48. The van der Waals surface area contributed by atoms with E-state index in [9.17, 15) is 0 Å². The highest BCUT2D eigenvalue weighted by Gasteiger charge is 2.11. The van der Waals surface area contributed by atoms with Crippen molar-refractivity contribution in [3.63, 3.8) is 0 Å². The molecule has 1 aromatic carbocycles. The zero-order chi connectivity index (χ0) is 13.5. The van der Waals surface area contributed by atoms with Gasteiger partial charge in [-0.3, -0.25) is 4.99 Å². The van der Waals surface area contributed by atoms with Gasteiger partial charge in [-0.05, 0) is 44.7 Å². The molecule has 1 heterocycles. The number of allylic oxidation sites excluding steroid dienone is 1. The lowest BCUT2D eigenvalue weighted by Crippen LogP contribution is -2.22. The van der Waals surface area contributed by atoms with E-state index < -0.39 is 0 Å². The highest BCUT2D eigenvalue weighted by atomic mass is 15.1. The first kappa shape index (κ1) is 13.9. The van der Waals surface area contributed by atoms with E-state index in [1.165, 1.54) is 29.8 Å². The summed E-state index contributed by atoms with van der Waals surface area (Å²) in [5.41, 5.74) is 3.86. The summed E-state index contributed by atoms with van der Waals surface area (Å²) < 4.78 is 0. The molecule has 102 valence electrons. The Bertz CT molecular complexity index is 442. The smallest absolute Gasteiger partial charge is 0.0457 e. The van der Waals surface area contributed by atoms with E-state index in [1.807, 2.05) is 0 Å². The van der Waals surface area contributed by atoms with Crippen molar-refractivity contribution in [1.82, 2.24) is 4.90 Å². The van der Waals surface area contributed by atoms with Crippen LogP contribution in [0.3, 0.4) is 0 Å². The summed E-state index contributed by atoms with van der Waals surface area (Å²) in [7, 11) is 0. The van der Waals surface area contributed by atoms with Crippen LogP contribution in [0.5, 0.6) is 0 Å². The topological polar surface area (TPSA) is 15.6 Å². The molecule has 0 unspecified atom stereocenters. The minimum absolute atomic E-state index is 0.992. The monoisotopic (exact) mass is 256 g/mol. The lowest BCUT2D eigenvalue weighted by atomic mass is 10.0. The molecule has 0 amide bonds. The molecule has 2 rings (SSSR count). The number of hydrogen-bond donors (Lipinski definition) is 0. The summed E-state index contributed by atoms with van der Waals surface area (Å²) in [6, 6.07) is 10.7. The van der Waals surface area contributed by atoms with Crippen molar-refractivity contribution in [3.05, 3.63) is 42.0 Å². The third-order valence-electron chi connectivity index (χ3n) is 3.63. The Morgan fingerprint density at radius 3 is 2.47 bits per heavy atom. The summed E-state index contributed by atoms with van der Waals surface area (Å²) in [5.74, 6) is 0. The molecule has 2 nitrogen and oxygen atoms in total. The van der Waals surface area contributed by atoms with Crippen molar-refractivity contribution in [2.75, 3.05) is 19.6 Å². The SMILES string of the molecule is CCN(CC)/C(=C\C1=NCCCC1)c1ccccc1. The van der Waals surface area contributed by atoms with Crippen molar-refractivity contribution in [3.8, 4) is 0 Å². The lowest BCUT2D eigenvalue weighted by molar-refractivity contribution is 0.442. The van der Waals surface area contributed by atoms with Crippen LogP contribution in [-0.2, 0) is 0 Å². The van der Waals surface area contributed by atoms with Gasteiger partial charge in [0.05, 0.1) is 0 Å². The number of nitrogens with zero attached hydrogens (tertiary/aromatic N) is 2. The second kappa shape index (κ2) is 7.13. The first-order valence-electron chi connectivity index (χ1n) is 7.40. The maximum absolute atomic E-state index is 4.66. The molecule has 1 aliphatic heterocycles. The maximum atomic E-state index is 4.66. The van der Waals surface area contributed by atoms with Crippen LogP contribution >= 0.6 is 0 Å². The molecule has 0 spiro atoms. The first-order valence-corrected chi connectivity index (χ1v) is 7.40. The van der Waals surface area contributed by atoms with Crippen LogP contribution in [0.1, 0.15) is 38.7 Å². The Morgan fingerprint density at radius 2 is 1.89 bits per heavy atom. The van der Waals surface area contributed by atoms with Crippen molar-refractivity contribution >= 4 is 11.4 Å². The Balaban J connectivity index is 2.33. The molecule has 0 radical (unpaired) electrons. The van der Waals surface area contributed by atoms with Gasteiger partial charge in [0, 0.05) is 31.0 Å². The third kappa shape index (κ3) is 3.69. The Hall–Kier alpha value is -1.57. The minimum atomic E-state index is 0.992. The summed E-state index contributed by atoms with van der Waals surface area (Å²) in [4.78, 5) is 7.07. The molecule has 0 aliphatic carbocycles. The predicted octanol–water partition coefficient (Wildman–Crippen LogP) is 3.99. The Kier molecular flexibility index (Phi) is 5.20. The van der Waals surface area contributed by atoms with Crippen molar-refractivity contribution in [2.24, 2.45) is 4.99 Å². The van der Waals surface area contributed by atoms with Crippen LogP contribution in [-0.4, -0.2) is 30.2 Å². The quantitative estimate of drug-likeness (QED) is 0.777. The number of hydrogen-bond acceptors (Lipinski definition) is 2. The van der Waals surface area contributed by atoms with Crippen LogP contribution in [0.4, 0.5) is 0 Å². The van der Waals surface area contributed by atoms with Crippen LogP contribution in [0.2, 0.25) is 0 Å². The van der Waals surface area contributed by atoms with Gasteiger partial charge >= 0.3 is 0 Å². The molecule has 0 atom stereocenters. The second-order valence-corrected chi connectivity index (χ2v) is 4.90. The van der Waals surface area contributed by atoms with Gasteiger partial charge in [-0.15, -0.1) is 0 Å². The minimum Gasteiger partial charge on any atom is -0.372 e. The van der Waals surface area contributed by atoms with Gasteiger partial charge in [0.25, 0.3) is 0 Å². The highest BCUT2D eigenvalue weighted by Crippen LogP contribution is 2.20. The Labute approximate surface area is 116 Å². The third-order valence-corrected chi connectivity index (χ3v) is 3.63. The molecule has 2 heteroatoms. The van der Waals surface area contributed by atoms with Crippen molar-refractivity contribution in [1.29, 1.82) is 0 Å². The van der Waals surface area contributed by atoms with Crippen LogP contribution in [0, 0.1) is 0 Å². The van der Waals surface area contributed by atoms with E-state index in [1.54, 1.807) is 0 Å². The van der Waals surface area contributed by atoms with Gasteiger partial charge in [-0.2, -0.15) is 0 Å². The fraction of sp³-hybridized carbons (Fsp3) is 0.471. The molecule has 0 saturated carbocycles. The van der Waals surface area contributed by atoms with E-state index in [-0.39, 0.29) is 0 Å². The Morgan fingerprint density at radius 1 is 1.16 bits per heavy atom. The molecule has 0 saturated heterocycles. The lowest BCUT2D eigenvalue weighted by Gasteiger charge is -2.25. The molecular formula is C17H24N2. The van der Waals surface area contributed by atoms with Crippen molar-refractivity contribution in [2.45, 2.75) is 33.1 Å². The van der Waals surface area contributed by atoms with Crippen molar-refractivity contribution < 1.29 is 0 Å². The summed E-state index contributed by atoms with van der Waals surface area (Å²) in [6.07, 6.45) is 5.93. The molecule has 0 aromatic heterocycles.